The number of carbonyl (C=O) groups is 2. The number of hydrogen-bond donors (Lipinski definition) is 2. The summed E-state index contributed by atoms with van der Waals surface area (Å²) < 4.78 is 15.0. The van der Waals surface area contributed by atoms with Gasteiger partial charge in [0.2, 0.25) is 0 Å². The highest BCUT2D eigenvalue weighted by Crippen LogP contribution is 2.13. The molecular weight excluding hydrogens is 372 g/mol. The van der Waals surface area contributed by atoms with Gasteiger partial charge in [0.1, 0.15) is 0 Å². The molecule has 26 heavy (non-hydrogen) atoms. The highest BCUT2D eigenvalue weighted by molar-refractivity contribution is 7.80. The van der Waals surface area contributed by atoms with Crippen LogP contribution in [0.5, 0.6) is 0 Å². The molecule has 0 heterocycles. The number of rotatable bonds is 14. The molecule has 156 valence electrons. The lowest BCUT2D eigenvalue weighted by atomic mass is 10.0. The molecule has 0 saturated carbocycles. The van der Waals surface area contributed by atoms with Gasteiger partial charge >= 0.3 is 11.9 Å². The van der Waals surface area contributed by atoms with E-state index in [4.69, 9.17) is 14.2 Å². The fourth-order valence-corrected chi connectivity index (χ4v) is 2.26. The van der Waals surface area contributed by atoms with E-state index in [-0.39, 0.29) is 18.0 Å². The fourth-order valence-electron chi connectivity index (χ4n) is 1.89. The minimum Gasteiger partial charge on any atom is -0.466 e. The van der Waals surface area contributed by atoms with Crippen LogP contribution in [-0.2, 0) is 23.8 Å². The maximum atomic E-state index is 11.1. The number of carbonyl (C=O) groups excluding carboxylic acids is 2. The van der Waals surface area contributed by atoms with Gasteiger partial charge in [0.25, 0.3) is 0 Å². The molecular formula is C19H38O5S2. The molecule has 0 aromatic heterocycles. The zero-order valence-electron chi connectivity index (χ0n) is 16.9. The first-order chi connectivity index (χ1) is 12.4. The molecule has 2 atom stereocenters. The van der Waals surface area contributed by atoms with Crippen molar-refractivity contribution in [2.24, 2.45) is 5.92 Å². The van der Waals surface area contributed by atoms with E-state index in [9.17, 15) is 9.59 Å². The van der Waals surface area contributed by atoms with Crippen molar-refractivity contribution in [3.63, 3.8) is 0 Å². The Morgan fingerprint density at radius 3 is 2.00 bits per heavy atom. The molecule has 7 heteroatoms. The number of unbranched alkanes of at least 4 members (excludes halogenated alkanes) is 1. The van der Waals surface area contributed by atoms with Gasteiger partial charge in [-0.15, -0.1) is 0 Å². The molecule has 0 aromatic rings. The molecule has 0 bridgehead atoms. The van der Waals surface area contributed by atoms with E-state index in [0.29, 0.717) is 43.5 Å². The van der Waals surface area contributed by atoms with Crippen molar-refractivity contribution in [1.82, 2.24) is 0 Å². The van der Waals surface area contributed by atoms with Gasteiger partial charge in [0, 0.05) is 25.0 Å². The SMILES string of the molecule is CCCCC(CC)COC(=O)CCS.COC(C)CCOC(=O)CCS. The number of esters is 2. The van der Waals surface area contributed by atoms with Gasteiger partial charge in [-0.05, 0) is 19.3 Å². The predicted molar refractivity (Wildman–Crippen MR) is 113 cm³/mol. The molecule has 0 aromatic carbocycles. The van der Waals surface area contributed by atoms with Crippen LogP contribution < -0.4 is 0 Å². The van der Waals surface area contributed by atoms with Crippen LogP contribution in [0.2, 0.25) is 0 Å². The Hall–Kier alpha value is -0.400. The molecule has 0 fully saturated rings. The maximum absolute atomic E-state index is 11.1. The smallest absolute Gasteiger partial charge is 0.306 e. The summed E-state index contributed by atoms with van der Waals surface area (Å²) >= 11 is 7.90. The third-order valence-electron chi connectivity index (χ3n) is 3.84. The van der Waals surface area contributed by atoms with Gasteiger partial charge in [-0.3, -0.25) is 9.59 Å². The van der Waals surface area contributed by atoms with E-state index in [1.807, 2.05) is 6.92 Å². The summed E-state index contributed by atoms with van der Waals surface area (Å²) in [7, 11) is 1.64. The van der Waals surface area contributed by atoms with Gasteiger partial charge in [-0.1, -0.05) is 33.1 Å². The van der Waals surface area contributed by atoms with E-state index < -0.39 is 0 Å². The Morgan fingerprint density at radius 2 is 1.54 bits per heavy atom. The summed E-state index contributed by atoms with van der Waals surface area (Å²) in [4.78, 5) is 21.9. The predicted octanol–water partition coefficient (Wildman–Crippen LogP) is 4.34. The maximum Gasteiger partial charge on any atom is 0.306 e. The summed E-state index contributed by atoms with van der Waals surface area (Å²) in [5, 5.41) is 0. The van der Waals surface area contributed by atoms with Crippen LogP contribution in [0.15, 0.2) is 0 Å². The molecule has 0 saturated heterocycles. The Kier molecular flexibility index (Phi) is 22.4. The molecule has 0 aliphatic rings. The number of hydrogen-bond acceptors (Lipinski definition) is 7. The second kappa shape index (κ2) is 20.9. The van der Waals surface area contributed by atoms with Crippen LogP contribution in [0, 0.1) is 5.92 Å². The van der Waals surface area contributed by atoms with Gasteiger partial charge in [-0.2, -0.15) is 25.3 Å². The standard InChI is InChI=1S/C11H22O2S.C8H16O3S/c1-3-5-6-10(4-2)9-13-11(12)7-8-14;1-7(10-2)3-5-11-8(9)4-6-12/h10,14H,3-9H2,1-2H3;7,12H,3-6H2,1-2H3. The Balaban J connectivity index is 0. The normalized spacial score (nSPS) is 12.5. The molecule has 0 aliphatic carbocycles. The average Bonchev–Trinajstić information content (AvgIpc) is 2.62. The average molecular weight is 411 g/mol. The zero-order valence-corrected chi connectivity index (χ0v) is 18.7. The minimum absolute atomic E-state index is 0.116. The van der Waals surface area contributed by atoms with E-state index in [0.717, 1.165) is 12.8 Å². The Labute approximate surface area is 170 Å². The lowest BCUT2D eigenvalue weighted by Crippen LogP contribution is -2.13. The van der Waals surface area contributed by atoms with Crippen LogP contribution in [0.1, 0.15) is 65.7 Å². The second-order valence-corrected chi connectivity index (χ2v) is 7.00. The first kappa shape index (κ1) is 27.8. The van der Waals surface area contributed by atoms with Gasteiger partial charge in [-0.25, -0.2) is 0 Å². The number of methoxy groups -OCH3 is 1. The highest BCUT2D eigenvalue weighted by atomic mass is 32.1. The van der Waals surface area contributed by atoms with Gasteiger partial charge < -0.3 is 14.2 Å². The van der Waals surface area contributed by atoms with Crippen molar-refractivity contribution < 1.29 is 23.8 Å². The number of ether oxygens (including phenoxy) is 3. The first-order valence-corrected chi connectivity index (χ1v) is 10.8. The van der Waals surface area contributed by atoms with E-state index in [1.165, 1.54) is 19.3 Å². The largest absolute Gasteiger partial charge is 0.466 e. The number of thiol groups is 2. The van der Waals surface area contributed by atoms with Crippen LogP contribution in [0.3, 0.4) is 0 Å². The van der Waals surface area contributed by atoms with Crippen LogP contribution in [0.25, 0.3) is 0 Å². The third-order valence-corrected chi connectivity index (χ3v) is 4.29. The van der Waals surface area contributed by atoms with Crippen LogP contribution in [-0.4, -0.2) is 49.9 Å². The second-order valence-electron chi connectivity index (χ2n) is 6.10. The summed E-state index contributed by atoms with van der Waals surface area (Å²) in [6, 6.07) is 0. The lowest BCUT2D eigenvalue weighted by Gasteiger charge is -2.14. The highest BCUT2D eigenvalue weighted by Gasteiger charge is 2.09. The van der Waals surface area contributed by atoms with Crippen molar-refractivity contribution in [1.29, 1.82) is 0 Å². The molecule has 0 rings (SSSR count). The van der Waals surface area contributed by atoms with Crippen molar-refractivity contribution in [3.05, 3.63) is 0 Å². The molecule has 0 N–H and O–H groups in total. The summed E-state index contributed by atoms with van der Waals surface area (Å²) in [6.07, 6.45) is 6.39. The first-order valence-electron chi connectivity index (χ1n) is 9.50. The van der Waals surface area contributed by atoms with E-state index in [2.05, 4.69) is 39.1 Å². The summed E-state index contributed by atoms with van der Waals surface area (Å²) in [5.41, 5.74) is 0. The molecule has 0 aliphatic heterocycles. The van der Waals surface area contributed by atoms with Crippen molar-refractivity contribution in [3.8, 4) is 0 Å². The van der Waals surface area contributed by atoms with Crippen LogP contribution in [0.4, 0.5) is 0 Å². The molecule has 5 nitrogen and oxygen atoms in total. The summed E-state index contributed by atoms with van der Waals surface area (Å²) in [6.45, 7) is 7.28. The van der Waals surface area contributed by atoms with Gasteiger partial charge in [0.05, 0.1) is 32.2 Å². The van der Waals surface area contributed by atoms with Crippen LogP contribution >= 0.6 is 25.3 Å². The Bertz CT molecular complexity index is 340. The zero-order chi connectivity index (χ0) is 20.2. The lowest BCUT2D eigenvalue weighted by molar-refractivity contribution is -0.145. The van der Waals surface area contributed by atoms with Gasteiger partial charge in [0.15, 0.2) is 0 Å². The molecule has 0 radical (unpaired) electrons. The van der Waals surface area contributed by atoms with E-state index >= 15 is 0 Å². The topological polar surface area (TPSA) is 61.8 Å². The Morgan fingerprint density at radius 1 is 0.962 bits per heavy atom. The molecule has 0 spiro atoms. The molecule has 0 amide bonds. The third kappa shape index (κ3) is 19.9. The minimum atomic E-state index is -0.187. The van der Waals surface area contributed by atoms with Crippen molar-refractivity contribution in [2.75, 3.05) is 31.8 Å². The fraction of sp³-hybridized carbons (Fsp3) is 0.895. The van der Waals surface area contributed by atoms with Crippen molar-refractivity contribution >= 4 is 37.2 Å². The quantitative estimate of drug-likeness (QED) is 0.329. The van der Waals surface area contributed by atoms with Crippen molar-refractivity contribution in [2.45, 2.75) is 71.8 Å². The van der Waals surface area contributed by atoms with E-state index in [1.54, 1.807) is 7.11 Å². The summed E-state index contributed by atoms with van der Waals surface area (Å²) in [5.74, 6) is 1.35. The molecule has 2 unspecified atom stereocenters. The monoisotopic (exact) mass is 410 g/mol.